The Hall–Kier alpha value is -2.38. The Morgan fingerprint density at radius 3 is 2.15 bits per heavy atom. The Morgan fingerprint density at radius 1 is 0.769 bits per heavy atom. The topological polar surface area (TPSA) is 12.4 Å². The van der Waals surface area contributed by atoms with Gasteiger partial charge in [-0.15, -0.1) is 0 Å². The molecule has 0 saturated heterocycles. The van der Waals surface area contributed by atoms with Crippen molar-refractivity contribution in [2.24, 2.45) is 4.99 Å². The molecule has 1 unspecified atom stereocenters. The summed E-state index contributed by atoms with van der Waals surface area (Å²) in [7, 11) is 0. The zero-order valence-electron chi connectivity index (χ0n) is 14.7. The van der Waals surface area contributed by atoms with Gasteiger partial charge < -0.3 is 0 Å². The molecule has 1 nitrogen and oxygen atoms in total. The Balaban J connectivity index is 1.43. The summed E-state index contributed by atoms with van der Waals surface area (Å²) in [5.74, 6) is 0. The van der Waals surface area contributed by atoms with Crippen molar-refractivity contribution in [3.8, 4) is 0 Å². The van der Waals surface area contributed by atoms with Gasteiger partial charge in [0, 0.05) is 16.3 Å². The van der Waals surface area contributed by atoms with Crippen LogP contribution in [0.3, 0.4) is 0 Å². The van der Waals surface area contributed by atoms with Crippen LogP contribution < -0.4 is 0 Å². The van der Waals surface area contributed by atoms with E-state index in [0.29, 0.717) is 0 Å². The first kappa shape index (κ1) is 17.1. The third-order valence-electron chi connectivity index (χ3n) is 5.06. The molecule has 3 aromatic carbocycles. The van der Waals surface area contributed by atoms with Gasteiger partial charge in [0.05, 0.1) is 6.04 Å². The molecular formula is C24H22ClN. The number of nitrogens with zero attached hydrogens (tertiary/aromatic N) is 1. The number of hydrogen-bond acceptors (Lipinski definition) is 1. The summed E-state index contributed by atoms with van der Waals surface area (Å²) in [5.41, 5.74) is 6.28. The quantitative estimate of drug-likeness (QED) is 0.496. The number of halogens is 1. The highest BCUT2D eigenvalue weighted by molar-refractivity contribution is 6.34. The second-order valence-corrected chi connectivity index (χ2v) is 7.24. The fourth-order valence-corrected chi connectivity index (χ4v) is 3.82. The summed E-state index contributed by atoms with van der Waals surface area (Å²) in [4.78, 5) is 4.94. The monoisotopic (exact) mass is 359 g/mol. The number of rotatable bonds is 5. The van der Waals surface area contributed by atoms with E-state index in [0.717, 1.165) is 42.0 Å². The molecule has 1 atom stereocenters. The molecule has 0 N–H and O–H groups in total. The molecule has 0 saturated carbocycles. The maximum absolute atomic E-state index is 6.32. The summed E-state index contributed by atoms with van der Waals surface area (Å²) in [6.07, 6.45) is 4.20. The molecule has 0 aromatic heterocycles. The van der Waals surface area contributed by atoms with Gasteiger partial charge in [-0.1, -0.05) is 84.4 Å². The molecule has 3 aromatic rings. The van der Waals surface area contributed by atoms with Crippen LogP contribution in [-0.4, -0.2) is 5.71 Å². The maximum Gasteiger partial charge on any atom is 0.0756 e. The second kappa shape index (κ2) is 7.88. The molecule has 26 heavy (non-hydrogen) atoms. The van der Waals surface area contributed by atoms with Crippen LogP contribution in [0, 0.1) is 0 Å². The van der Waals surface area contributed by atoms with Crippen molar-refractivity contribution in [3.05, 3.63) is 106 Å². The van der Waals surface area contributed by atoms with E-state index in [1.165, 1.54) is 16.7 Å². The van der Waals surface area contributed by atoms with Crippen LogP contribution in [0.25, 0.3) is 0 Å². The molecule has 0 fully saturated rings. The molecule has 1 aliphatic rings. The third-order valence-corrected chi connectivity index (χ3v) is 5.39. The van der Waals surface area contributed by atoms with Gasteiger partial charge >= 0.3 is 0 Å². The van der Waals surface area contributed by atoms with E-state index in [4.69, 9.17) is 16.6 Å². The average Bonchev–Trinajstić information content (AvgIpc) is 3.18. The SMILES string of the molecule is Clc1ccccc1C1=NC(c2ccc(CCc3ccccc3)cc2)CC1. The van der Waals surface area contributed by atoms with Crippen molar-refractivity contribution >= 4 is 17.3 Å². The van der Waals surface area contributed by atoms with Crippen molar-refractivity contribution < 1.29 is 0 Å². The van der Waals surface area contributed by atoms with E-state index >= 15 is 0 Å². The molecule has 130 valence electrons. The van der Waals surface area contributed by atoms with Gasteiger partial charge in [0.25, 0.3) is 0 Å². The Kier molecular flexibility index (Phi) is 5.17. The lowest BCUT2D eigenvalue weighted by Gasteiger charge is -2.08. The fourth-order valence-electron chi connectivity index (χ4n) is 3.57. The second-order valence-electron chi connectivity index (χ2n) is 6.84. The lowest BCUT2D eigenvalue weighted by molar-refractivity contribution is 0.722. The predicted octanol–water partition coefficient (Wildman–Crippen LogP) is 6.45. The first-order valence-electron chi connectivity index (χ1n) is 9.24. The molecule has 1 heterocycles. The molecule has 0 spiro atoms. The largest absolute Gasteiger partial charge is 0.281 e. The van der Waals surface area contributed by atoms with Gasteiger partial charge in [-0.25, -0.2) is 0 Å². The van der Waals surface area contributed by atoms with Crippen LogP contribution in [0.15, 0.2) is 83.9 Å². The normalized spacial score (nSPS) is 16.5. The Bertz CT molecular complexity index is 897. The molecule has 0 amide bonds. The average molecular weight is 360 g/mol. The molecule has 1 aliphatic heterocycles. The van der Waals surface area contributed by atoms with Crippen molar-refractivity contribution in [3.63, 3.8) is 0 Å². The number of hydrogen-bond donors (Lipinski definition) is 0. The molecule has 2 heteroatoms. The van der Waals surface area contributed by atoms with Crippen LogP contribution in [0.4, 0.5) is 0 Å². The van der Waals surface area contributed by atoms with Gasteiger partial charge in [0.1, 0.15) is 0 Å². The van der Waals surface area contributed by atoms with Gasteiger partial charge in [0.2, 0.25) is 0 Å². The summed E-state index contributed by atoms with van der Waals surface area (Å²) in [5, 5.41) is 0.795. The summed E-state index contributed by atoms with van der Waals surface area (Å²) >= 11 is 6.32. The van der Waals surface area contributed by atoms with Crippen molar-refractivity contribution in [1.29, 1.82) is 0 Å². The van der Waals surface area contributed by atoms with Crippen molar-refractivity contribution in [2.45, 2.75) is 31.7 Å². The highest BCUT2D eigenvalue weighted by Crippen LogP contribution is 2.32. The maximum atomic E-state index is 6.32. The molecular weight excluding hydrogens is 338 g/mol. The van der Waals surface area contributed by atoms with E-state index in [1.54, 1.807) is 0 Å². The zero-order chi connectivity index (χ0) is 17.8. The highest BCUT2D eigenvalue weighted by Gasteiger charge is 2.21. The number of benzene rings is 3. The minimum atomic E-state index is 0.254. The van der Waals surface area contributed by atoms with Crippen LogP contribution >= 0.6 is 11.6 Å². The number of aliphatic imine (C=N–C) groups is 1. The van der Waals surface area contributed by atoms with E-state index in [1.807, 2.05) is 18.2 Å². The van der Waals surface area contributed by atoms with Crippen molar-refractivity contribution in [2.75, 3.05) is 0 Å². The van der Waals surface area contributed by atoms with Crippen LogP contribution in [0.5, 0.6) is 0 Å². The Labute approximate surface area is 160 Å². The molecule has 0 radical (unpaired) electrons. The fraction of sp³-hybridized carbons (Fsp3) is 0.208. The molecule has 0 bridgehead atoms. The minimum Gasteiger partial charge on any atom is -0.281 e. The van der Waals surface area contributed by atoms with Gasteiger partial charge in [-0.05, 0) is 48.4 Å². The standard InChI is InChI=1S/C24H22ClN/c25-22-9-5-4-8-21(22)24-17-16-23(26-24)20-14-12-19(13-15-20)11-10-18-6-2-1-3-7-18/h1-9,12-15,23H,10-11,16-17H2. The summed E-state index contributed by atoms with van der Waals surface area (Å²) in [6.45, 7) is 0. The van der Waals surface area contributed by atoms with Crippen molar-refractivity contribution in [1.82, 2.24) is 0 Å². The molecule has 4 rings (SSSR count). The Morgan fingerprint density at radius 2 is 1.42 bits per heavy atom. The van der Waals surface area contributed by atoms with E-state index in [9.17, 15) is 0 Å². The third kappa shape index (κ3) is 3.89. The lowest BCUT2D eigenvalue weighted by Crippen LogP contribution is -1.96. The van der Waals surface area contributed by atoms with Gasteiger partial charge in [-0.3, -0.25) is 4.99 Å². The first-order chi connectivity index (χ1) is 12.8. The van der Waals surface area contributed by atoms with Crippen LogP contribution in [0.1, 0.15) is 41.1 Å². The molecule has 0 aliphatic carbocycles. The van der Waals surface area contributed by atoms with Crippen LogP contribution in [0.2, 0.25) is 5.02 Å². The lowest BCUT2D eigenvalue weighted by atomic mass is 9.99. The summed E-state index contributed by atoms with van der Waals surface area (Å²) in [6, 6.07) is 27.9. The van der Waals surface area contributed by atoms with Gasteiger partial charge in [-0.2, -0.15) is 0 Å². The zero-order valence-corrected chi connectivity index (χ0v) is 15.5. The predicted molar refractivity (Wildman–Crippen MR) is 110 cm³/mol. The van der Waals surface area contributed by atoms with Gasteiger partial charge in [0.15, 0.2) is 0 Å². The first-order valence-corrected chi connectivity index (χ1v) is 9.62. The minimum absolute atomic E-state index is 0.254. The van der Waals surface area contributed by atoms with Crippen LogP contribution in [-0.2, 0) is 12.8 Å². The smallest absolute Gasteiger partial charge is 0.0756 e. The summed E-state index contributed by atoms with van der Waals surface area (Å²) < 4.78 is 0. The van der Waals surface area contributed by atoms with E-state index in [2.05, 4.69) is 60.7 Å². The van der Waals surface area contributed by atoms with E-state index in [-0.39, 0.29) is 6.04 Å². The highest BCUT2D eigenvalue weighted by atomic mass is 35.5. The van der Waals surface area contributed by atoms with E-state index < -0.39 is 0 Å². The number of aryl methyl sites for hydroxylation is 2.